The molecule has 0 aliphatic carbocycles. The van der Waals surface area contributed by atoms with Crippen LogP contribution in [0.4, 0.5) is 0 Å². The number of rotatable bonds is 10. The monoisotopic (exact) mass is 248 g/mol. The van der Waals surface area contributed by atoms with Crippen molar-refractivity contribution in [3.8, 4) is 0 Å². The molecule has 4 atom stereocenters. The molecule has 4 nitrogen and oxygen atoms in total. The maximum atomic E-state index is 8.81. The molecular weight excluding hydrogens is 220 g/mol. The summed E-state index contributed by atoms with van der Waals surface area (Å²) in [7, 11) is 0. The van der Waals surface area contributed by atoms with Gasteiger partial charge in [0.15, 0.2) is 0 Å². The summed E-state index contributed by atoms with van der Waals surface area (Å²) >= 11 is 0. The van der Waals surface area contributed by atoms with E-state index >= 15 is 0 Å². The van der Waals surface area contributed by atoms with Crippen LogP contribution in [-0.2, 0) is 14.2 Å². The van der Waals surface area contributed by atoms with Crippen LogP contribution in [0.5, 0.6) is 0 Å². The summed E-state index contributed by atoms with van der Waals surface area (Å²) in [6.45, 7) is 11.1. The number of hydrogen-bond donors (Lipinski definition) is 1. The van der Waals surface area contributed by atoms with Crippen molar-refractivity contribution < 1.29 is 19.3 Å². The van der Waals surface area contributed by atoms with Crippen LogP contribution in [0.2, 0.25) is 0 Å². The highest BCUT2D eigenvalue weighted by molar-refractivity contribution is 4.56. The maximum Gasteiger partial charge on any atom is 0.0784 e. The molecule has 0 aromatic heterocycles. The molecule has 104 valence electrons. The fourth-order valence-electron chi connectivity index (χ4n) is 1.23. The Labute approximate surface area is 105 Å². The molecule has 1 N–H and O–H groups in total. The lowest BCUT2D eigenvalue weighted by Crippen LogP contribution is -2.27. The maximum absolute atomic E-state index is 8.81. The molecule has 0 bridgehead atoms. The molecule has 0 rings (SSSR count). The SMILES string of the molecule is CCC(C)OC(C)COC(C)COC(C)CO. The van der Waals surface area contributed by atoms with E-state index in [1.54, 1.807) is 0 Å². The van der Waals surface area contributed by atoms with Crippen LogP contribution in [0, 0.1) is 0 Å². The molecule has 0 saturated heterocycles. The summed E-state index contributed by atoms with van der Waals surface area (Å²) in [6, 6.07) is 0. The van der Waals surface area contributed by atoms with Gasteiger partial charge in [-0.15, -0.1) is 0 Å². The smallest absolute Gasteiger partial charge is 0.0784 e. The molecule has 0 aliphatic heterocycles. The Bertz CT molecular complexity index is 175. The van der Waals surface area contributed by atoms with Crippen molar-refractivity contribution in [2.24, 2.45) is 0 Å². The van der Waals surface area contributed by atoms with Crippen LogP contribution in [0.25, 0.3) is 0 Å². The summed E-state index contributed by atoms with van der Waals surface area (Å²) < 4.78 is 16.7. The first kappa shape index (κ1) is 16.8. The molecule has 0 radical (unpaired) electrons. The molecule has 17 heavy (non-hydrogen) atoms. The molecule has 0 aliphatic rings. The molecule has 0 saturated carbocycles. The summed E-state index contributed by atoms with van der Waals surface area (Å²) in [5.41, 5.74) is 0. The van der Waals surface area contributed by atoms with Gasteiger partial charge in [-0.3, -0.25) is 0 Å². The van der Waals surface area contributed by atoms with Gasteiger partial charge in [0.1, 0.15) is 0 Å². The number of aliphatic hydroxyl groups is 1. The standard InChI is InChI=1S/C13H28O4/c1-6-10(2)17-13(5)9-16-12(4)8-15-11(3)7-14/h10-14H,6-9H2,1-5H3. The lowest BCUT2D eigenvalue weighted by molar-refractivity contribution is -0.0870. The number of ether oxygens (including phenoxy) is 3. The molecule has 0 spiro atoms. The van der Waals surface area contributed by atoms with E-state index in [4.69, 9.17) is 19.3 Å². The van der Waals surface area contributed by atoms with Crippen LogP contribution in [0.1, 0.15) is 41.0 Å². The second kappa shape index (κ2) is 9.83. The van der Waals surface area contributed by atoms with Crippen molar-refractivity contribution in [1.29, 1.82) is 0 Å². The highest BCUT2D eigenvalue weighted by Crippen LogP contribution is 2.04. The predicted molar refractivity (Wildman–Crippen MR) is 68.2 cm³/mol. The largest absolute Gasteiger partial charge is 0.394 e. The minimum Gasteiger partial charge on any atom is -0.394 e. The van der Waals surface area contributed by atoms with Gasteiger partial charge in [0.2, 0.25) is 0 Å². The average molecular weight is 248 g/mol. The third-order valence-corrected chi connectivity index (χ3v) is 2.53. The molecule has 4 unspecified atom stereocenters. The van der Waals surface area contributed by atoms with Gasteiger partial charge in [0.25, 0.3) is 0 Å². The van der Waals surface area contributed by atoms with E-state index in [1.165, 1.54) is 0 Å². The quantitative estimate of drug-likeness (QED) is 0.642. The molecular formula is C13H28O4. The van der Waals surface area contributed by atoms with E-state index in [0.29, 0.717) is 13.2 Å². The molecule has 0 aromatic carbocycles. The van der Waals surface area contributed by atoms with Gasteiger partial charge in [0.05, 0.1) is 44.2 Å². The van der Waals surface area contributed by atoms with Gasteiger partial charge >= 0.3 is 0 Å². The average Bonchev–Trinajstić information content (AvgIpc) is 2.32. The van der Waals surface area contributed by atoms with Gasteiger partial charge in [0, 0.05) is 0 Å². The van der Waals surface area contributed by atoms with Crippen molar-refractivity contribution in [3.63, 3.8) is 0 Å². The Morgan fingerprint density at radius 2 is 1.35 bits per heavy atom. The lowest BCUT2D eigenvalue weighted by atomic mass is 10.3. The first-order chi connectivity index (χ1) is 7.99. The van der Waals surface area contributed by atoms with E-state index in [-0.39, 0.29) is 31.0 Å². The molecule has 0 heterocycles. The van der Waals surface area contributed by atoms with Crippen LogP contribution >= 0.6 is 0 Å². The van der Waals surface area contributed by atoms with Crippen molar-refractivity contribution >= 4 is 0 Å². The highest BCUT2D eigenvalue weighted by atomic mass is 16.6. The molecule has 0 aromatic rings. The van der Waals surface area contributed by atoms with Crippen LogP contribution in [-0.4, -0.2) is 49.3 Å². The summed E-state index contributed by atoms with van der Waals surface area (Å²) in [5, 5.41) is 8.81. The Balaban J connectivity index is 3.58. The van der Waals surface area contributed by atoms with Gasteiger partial charge in [-0.1, -0.05) is 6.92 Å². The van der Waals surface area contributed by atoms with E-state index in [2.05, 4.69) is 13.8 Å². The first-order valence-corrected chi connectivity index (χ1v) is 6.49. The van der Waals surface area contributed by atoms with Gasteiger partial charge in [-0.05, 0) is 34.1 Å². The second-order valence-corrected chi connectivity index (χ2v) is 4.64. The fourth-order valence-corrected chi connectivity index (χ4v) is 1.23. The third-order valence-electron chi connectivity index (χ3n) is 2.53. The third kappa shape index (κ3) is 9.53. The minimum atomic E-state index is -0.130. The van der Waals surface area contributed by atoms with Crippen molar-refractivity contribution in [1.82, 2.24) is 0 Å². The van der Waals surface area contributed by atoms with Gasteiger partial charge < -0.3 is 19.3 Å². The molecule has 0 amide bonds. The summed E-state index contributed by atoms with van der Waals surface area (Å²) in [5.74, 6) is 0. The van der Waals surface area contributed by atoms with Crippen LogP contribution < -0.4 is 0 Å². The predicted octanol–water partition coefficient (Wildman–Crippen LogP) is 1.99. The van der Waals surface area contributed by atoms with Crippen LogP contribution in [0.3, 0.4) is 0 Å². The second-order valence-electron chi connectivity index (χ2n) is 4.64. The molecule has 4 heteroatoms. The topological polar surface area (TPSA) is 47.9 Å². The van der Waals surface area contributed by atoms with Crippen molar-refractivity contribution in [2.45, 2.75) is 65.5 Å². The zero-order valence-corrected chi connectivity index (χ0v) is 11.8. The highest BCUT2D eigenvalue weighted by Gasteiger charge is 2.11. The fraction of sp³-hybridized carbons (Fsp3) is 1.00. The lowest BCUT2D eigenvalue weighted by Gasteiger charge is -2.21. The van der Waals surface area contributed by atoms with E-state index in [0.717, 1.165) is 6.42 Å². The Morgan fingerprint density at radius 3 is 1.88 bits per heavy atom. The van der Waals surface area contributed by atoms with Crippen molar-refractivity contribution in [2.75, 3.05) is 19.8 Å². The number of aliphatic hydroxyl groups excluding tert-OH is 1. The summed E-state index contributed by atoms with van der Waals surface area (Å²) in [6.07, 6.45) is 1.27. The van der Waals surface area contributed by atoms with Gasteiger partial charge in [-0.2, -0.15) is 0 Å². The van der Waals surface area contributed by atoms with E-state index in [1.807, 2.05) is 20.8 Å². The Morgan fingerprint density at radius 1 is 0.824 bits per heavy atom. The summed E-state index contributed by atoms with van der Waals surface area (Å²) in [4.78, 5) is 0. The van der Waals surface area contributed by atoms with Gasteiger partial charge in [-0.25, -0.2) is 0 Å². The van der Waals surface area contributed by atoms with E-state index < -0.39 is 0 Å². The normalized spacial score (nSPS) is 18.7. The van der Waals surface area contributed by atoms with E-state index in [9.17, 15) is 0 Å². The zero-order valence-electron chi connectivity index (χ0n) is 11.8. The Kier molecular flexibility index (Phi) is 9.74. The zero-order chi connectivity index (χ0) is 13.3. The van der Waals surface area contributed by atoms with Crippen molar-refractivity contribution in [3.05, 3.63) is 0 Å². The minimum absolute atomic E-state index is 0.0204. The van der Waals surface area contributed by atoms with Crippen LogP contribution in [0.15, 0.2) is 0 Å². The number of hydrogen-bond acceptors (Lipinski definition) is 4. The molecule has 0 fully saturated rings. The first-order valence-electron chi connectivity index (χ1n) is 6.49. The Hall–Kier alpha value is -0.160.